The Bertz CT molecular complexity index is 1110. The Hall–Kier alpha value is -3.04. The van der Waals surface area contributed by atoms with Gasteiger partial charge in [-0.15, -0.1) is 0 Å². The first kappa shape index (κ1) is 15.5. The first-order valence-corrected chi connectivity index (χ1v) is 8.13. The molecule has 0 aliphatic rings. The van der Waals surface area contributed by atoms with Gasteiger partial charge in [-0.3, -0.25) is 0 Å². The van der Waals surface area contributed by atoms with Gasteiger partial charge in [0.2, 0.25) is 0 Å². The third-order valence-corrected chi connectivity index (χ3v) is 4.43. The van der Waals surface area contributed by atoms with Crippen molar-refractivity contribution in [1.82, 2.24) is 0 Å². The van der Waals surface area contributed by atoms with E-state index in [4.69, 9.17) is 16.3 Å². The van der Waals surface area contributed by atoms with Gasteiger partial charge in [0.05, 0.1) is 10.6 Å². The van der Waals surface area contributed by atoms with Gasteiger partial charge in [-0.1, -0.05) is 72.3 Å². The molecule has 0 heterocycles. The molecule has 0 amide bonds. The maximum atomic E-state index is 12.7. The minimum atomic E-state index is -0.469. The van der Waals surface area contributed by atoms with Crippen LogP contribution in [0.1, 0.15) is 10.4 Å². The second kappa shape index (κ2) is 6.11. The van der Waals surface area contributed by atoms with Crippen LogP contribution in [0.25, 0.3) is 21.5 Å². The van der Waals surface area contributed by atoms with Gasteiger partial charge < -0.3 is 9.84 Å². The highest BCUT2D eigenvalue weighted by Crippen LogP contribution is 2.39. The normalized spacial score (nSPS) is 10.9. The number of hydrogen-bond acceptors (Lipinski definition) is 3. The van der Waals surface area contributed by atoms with Crippen LogP contribution < -0.4 is 4.74 Å². The third kappa shape index (κ3) is 2.69. The molecule has 4 aromatic rings. The van der Waals surface area contributed by atoms with E-state index in [0.717, 1.165) is 10.8 Å². The number of benzene rings is 4. The summed E-state index contributed by atoms with van der Waals surface area (Å²) in [6.07, 6.45) is 0. The molecule has 0 radical (unpaired) electrons. The van der Waals surface area contributed by atoms with Crippen molar-refractivity contribution in [3.63, 3.8) is 0 Å². The number of aromatic hydroxyl groups is 1. The van der Waals surface area contributed by atoms with E-state index in [1.807, 2.05) is 42.5 Å². The van der Waals surface area contributed by atoms with Crippen LogP contribution >= 0.6 is 11.6 Å². The number of carbonyl (C=O) groups excluding carboxylic acids is 1. The van der Waals surface area contributed by atoms with E-state index in [9.17, 15) is 9.90 Å². The van der Waals surface area contributed by atoms with Crippen molar-refractivity contribution < 1.29 is 14.6 Å². The van der Waals surface area contributed by atoms with E-state index >= 15 is 0 Å². The average Bonchev–Trinajstić information content (AvgIpc) is 2.65. The molecule has 0 atom stereocenters. The Kier molecular flexibility index (Phi) is 3.79. The molecule has 0 aromatic heterocycles. The average molecular weight is 349 g/mol. The zero-order valence-corrected chi connectivity index (χ0v) is 13.8. The summed E-state index contributed by atoms with van der Waals surface area (Å²) in [6, 6.07) is 21.7. The maximum absolute atomic E-state index is 12.7. The van der Waals surface area contributed by atoms with Gasteiger partial charge in [-0.05, 0) is 16.8 Å². The van der Waals surface area contributed by atoms with Crippen LogP contribution in [0, 0.1) is 0 Å². The van der Waals surface area contributed by atoms with E-state index in [1.165, 1.54) is 6.07 Å². The van der Waals surface area contributed by atoms with E-state index in [0.29, 0.717) is 22.1 Å². The fourth-order valence-corrected chi connectivity index (χ4v) is 3.14. The van der Waals surface area contributed by atoms with Crippen molar-refractivity contribution in [2.75, 3.05) is 0 Å². The largest absolute Gasteiger partial charge is 0.506 e. The molecular weight excluding hydrogens is 336 g/mol. The van der Waals surface area contributed by atoms with Crippen LogP contribution in [-0.2, 0) is 0 Å². The Morgan fingerprint density at radius 2 is 1.48 bits per heavy atom. The molecule has 3 nitrogen and oxygen atoms in total. The molecule has 122 valence electrons. The lowest BCUT2D eigenvalue weighted by Crippen LogP contribution is -2.09. The predicted octanol–water partition coefficient (Wildman–Crippen LogP) is 5.57. The van der Waals surface area contributed by atoms with Gasteiger partial charge in [0.15, 0.2) is 0 Å². The molecule has 1 N–H and O–H groups in total. The smallest absolute Gasteiger partial charge is 0.344 e. The number of ether oxygens (including phenoxy) is 1. The molecule has 0 bridgehead atoms. The number of hydrogen-bond donors (Lipinski definition) is 1. The summed E-state index contributed by atoms with van der Waals surface area (Å²) >= 11 is 6.08. The van der Waals surface area contributed by atoms with Crippen LogP contribution in [0.15, 0.2) is 72.8 Å². The summed E-state index contributed by atoms with van der Waals surface area (Å²) in [5, 5.41) is 13.2. The third-order valence-electron chi connectivity index (χ3n) is 4.14. The van der Waals surface area contributed by atoms with Crippen molar-refractivity contribution in [3.05, 3.63) is 83.4 Å². The first-order valence-electron chi connectivity index (χ1n) is 7.75. The molecule has 0 saturated heterocycles. The van der Waals surface area contributed by atoms with Crippen LogP contribution in [0.3, 0.4) is 0 Å². The zero-order valence-electron chi connectivity index (χ0n) is 13.1. The summed E-state index contributed by atoms with van der Waals surface area (Å²) < 4.78 is 5.62. The van der Waals surface area contributed by atoms with E-state index in [1.54, 1.807) is 24.3 Å². The minimum Gasteiger partial charge on any atom is -0.506 e. The summed E-state index contributed by atoms with van der Waals surface area (Å²) in [6.45, 7) is 0. The number of fused-ring (bicyclic) bond motifs is 2. The summed E-state index contributed by atoms with van der Waals surface area (Å²) in [7, 11) is 0. The highest BCUT2D eigenvalue weighted by atomic mass is 35.5. The molecule has 0 fully saturated rings. The maximum Gasteiger partial charge on any atom is 0.344 e. The Morgan fingerprint density at radius 3 is 2.28 bits per heavy atom. The lowest BCUT2D eigenvalue weighted by atomic mass is 10.0. The molecule has 4 aromatic carbocycles. The van der Waals surface area contributed by atoms with Gasteiger partial charge in [-0.25, -0.2) is 4.79 Å². The van der Waals surface area contributed by atoms with E-state index in [2.05, 4.69) is 0 Å². The van der Waals surface area contributed by atoms with Crippen LogP contribution in [-0.4, -0.2) is 11.1 Å². The zero-order chi connectivity index (χ0) is 17.4. The lowest BCUT2D eigenvalue weighted by Gasteiger charge is -2.11. The van der Waals surface area contributed by atoms with Gasteiger partial charge in [0, 0.05) is 16.8 Å². The van der Waals surface area contributed by atoms with Crippen molar-refractivity contribution in [2.45, 2.75) is 0 Å². The van der Waals surface area contributed by atoms with Crippen molar-refractivity contribution in [1.29, 1.82) is 0 Å². The first-order chi connectivity index (χ1) is 12.1. The van der Waals surface area contributed by atoms with Crippen LogP contribution in [0.4, 0.5) is 0 Å². The summed E-state index contributed by atoms with van der Waals surface area (Å²) in [5.74, 6) is -0.178. The van der Waals surface area contributed by atoms with Gasteiger partial charge >= 0.3 is 5.97 Å². The molecular formula is C21H13ClO3. The van der Waals surface area contributed by atoms with Gasteiger partial charge in [-0.2, -0.15) is 0 Å². The number of phenols is 1. The topological polar surface area (TPSA) is 46.5 Å². The number of halogens is 1. The lowest BCUT2D eigenvalue weighted by molar-refractivity contribution is 0.0739. The van der Waals surface area contributed by atoms with E-state index in [-0.39, 0.29) is 10.8 Å². The monoisotopic (exact) mass is 348 g/mol. The SMILES string of the molecule is O=C(Oc1cc(Cl)c(O)c2ccccc12)c1cccc2ccccc12. The molecule has 0 unspecified atom stereocenters. The van der Waals surface area contributed by atoms with Crippen LogP contribution in [0.5, 0.6) is 11.5 Å². The molecule has 0 aliphatic carbocycles. The van der Waals surface area contributed by atoms with Crippen LogP contribution in [0.2, 0.25) is 5.02 Å². The Balaban J connectivity index is 1.81. The molecule has 0 aliphatic heterocycles. The molecule has 25 heavy (non-hydrogen) atoms. The Labute approximate surface area is 149 Å². The van der Waals surface area contributed by atoms with Crippen molar-refractivity contribution >= 4 is 39.1 Å². The molecule has 0 saturated carbocycles. The Morgan fingerprint density at radius 1 is 0.840 bits per heavy atom. The minimum absolute atomic E-state index is 0.0257. The fraction of sp³-hybridized carbons (Fsp3) is 0. The number of rotatable bonds is 2. The highest BCUT2D eigenvalue weighted by Gasteiger charge is 2.16. The standard InChI is InChI=1S/C21H13ClO3/c22-18-12-19(15-9-3-4-10-16(15)20(18)23)25-21(24)17-11-5-7-13-6-1-2-8-14(13)17/h1-12,23H. The summed E-state index contributed by atoms with van der Waals surface area (Å²) in [4.78, 5) is 12.7. The van der Waals surface area contributed by atoms with Crippen molar-refractivity contribution in [3.8, 4) is 11.5 Å². The molecule has 4 rings (SSSR count). The number of carbonyl (C=O) groups is 1. The van der Waals surface area contributed by atoms with Gasteiger partial charge in [0.25, 0.3) is 0 Å². The highest BCUT2D eigenvalue weighted by molar-refractivity contribution is 6.33. The van der Waals surface area contributed by atoms with Gasteiger partial charge in [0.1, 0.15) is 11.5 Å². The summed E-state index contributed by atoms with van der Waals surface area (Å²) in [5.41, 5.74) is 0.478. The van der Waals surface area contributed by atoms with E-state index < -0.39 is 5.97 Å². The second-order valence-electron chi connectivity index (χ2n) is 5.67. The molecule has 4 heteroatoms. The predicted molar refractivity (Wildman–Crippen MR) is 99.5 cm³/mol. The van der Waals surface area contributed by atoms with Crippen molar-refractivity contribution in [2.24, 2.45) is 0 Å². The molecule has 0 spiro atoms. The number of phenolic OH excluding ortho intramolecular Hbond substituents is 1. The second-order valence-corrected chi connectivity index (χ2v) is 6.07. The number of esters is 1. The fourth-order valence-electron chi connectivity index (χ4n) is 2.94. The quantitative estimate of drug-likeness (QED) is 0.380.